The van der Waals surface area contributed by atoms with Gasteiger partial charge in [-0.1, -0.05) is 34.1 Å². The van der Waals surface area contributed by atoms with Crippen LogP contribution in [0.25, 0.3) is 0 Å². The number of hydrogen-bond donors (Lipinski definition) is 2. The van der Waals surface area contributed by atoms with Crippen molar-refractivity contribution in [3.63, 3.8) is 0 Å². The first kappa shape index (κ1) is 14.0. The van der Waals surface area contributed by atoms with Gasteiger partial charge in [-0.3, -0.25) is 0 Å². The van der Waals surface area contributed by atoms with E-state index in [1.807, 2.05) is 31.2 Å². The monoisotopic (exact) mass is 323 g/mol. The van der Waals surface area contributed by atoms with Crippen molar-refractivity contribution in [3.05, 3.63) is 63.9 Å². The molecule has 0 fully saturated rings. The second-order valence-electron chi connectivity index (χ2n) is 4.35. The summed E-state index contributed by atoms with van der Waals surface area (Å²) in [5.41, 5.74) is 2.20. The lowest BCUT2D eigenvalue weighted by Gasteiger charge is -2.18. The summed E-state index contributed by atoms with van der Waals surface area (Å²) >= 11 is 3.34. The first-order chi connectivity index (χ1) is 9.11. The highest BCUT2D eigenvalue weighted by atomic mass is 79.9. The molecule has 0 saturated heterocycles. The SMILES string of the molecule is CC(Nc1ccccc1CO)c1cc(Br)ccc1F. The molecule has 2 nitrogen and oxygen atoms in total. The molecule has 100 valence electrons. The van der Waals surface area contributed by atoms with Gasteiger partial charge in [0.25, 0.3) is 0 Å². The van der Waals surface area contributed by atoms with Gasteiger partial charge in [0.1, 0.15) is 5.82 Å². The maximum Gasteiger partial charge on any atom is 0.128 e. The largest absolute Gasteiger partial charge is 0.392 e. The minimum Gasteiger partial charge on any atom is -0.392 e. The van der Waals surface area contributed by atoms with Crippen LogP contribution in [-0.4, -0.2) is 5.11 Å². The molecule has 0 aliphatic heterocycles. The molecule has 0 aliphatic carbocycles. The van der Waals surface area contributed by atoms with Crippen molar-refractivity contribution >= 4 is 21.6 Å². The van der Waals surface area contributed by atoms with Crippen molar-refractivity contribution in [2.24, 2.45) is 0 Å². The van der Waals surface area contributed by atoms with Crippen LogP contribution in [-0.2, 0) is 6.61 Å². The molecule has 0 bridgehead atoms. The Labute approximate surface area is 120 Å². The van der Waals surface area contributed by atoms with E-state index in [1.54, 1.807) is 12.1 Å². The summed E-state index contributed by atoms with van der Waals surface area (Å²) in [6.45, 7) is 1.84. The van der Waals surface area contributed by atoms with Crippen molar-refractivity contribution in [2.75, 3.05) is 5.32 Å². The van der Waals surface area contributed by atoms with Gasteiger partial charge in [-0.15, -0.1) is 0 Å². The van der Waals surface area contributed by atoms with Crippen LogP contribution in [0, 0.1) is 5.82 Å². The van der Waals surface area contributed by atoms with Crippen LogP contribution in [0.15, 0.2) is 46.9 Å². The predicted octanol–water partition coefficient (Wildman–Crippen LogP) is 4.25. The van der Waals surface area contributed by atoms with Gasteiger partial charge in [-0.2, -0.15) is 0 Å². The van der Waals surface area contributed by atoms with Gasteiger partial charge in [0.15, 0.2) is 0 Å². The van der Waals surface area contributed by atoms with Crippen LogP contribution in [0.1, 0.15) is 24.1 Å². The molecule has 0 radical (unpaired) electrons. The summed E-state index contributed by atoms with van der Waals surface area (Å²) in [5.74, 6) is -0.246. The zero-order chi connectivity index (χ0) is 13.8. The molecule has 0 aliphatic rings. The molecule has 2 aromatic rings. The molecule has 1 unspecified atom stereocenters. The zero-order valence-corrected chi connectivity index (χ0v) is 12.1. The molecule has 0 heterocycles. The number of halogens is 2. The molecule has 1 atom stereocenters. The van der Waals surface area contributed by atoms with Crippen molar-refractivity contribution in [2.45, 2.75) is 19.6 Å². The van der Waals surface area contributed by atoms with Crippen LogP contribution in [0.3, 0.4) is 0 Å². The fourth-order valence-corrected chi connectivity index (χ4v) is 2.34. The van der Waals surface area contributed by atoms with Crippen LogP contribution < -0.4 is 5.32 Å². The van der Waals surface area contributed by atoms with E-state index >= 15 is 0 Å². The van der Waals surface area contributed by atoms with Crippen molar-refractivity contribution < 1.29 is 9.50 Å². The van der Waals surface area contributed by atoms with Crippen molar-refractivity contribution in [1.29, 1.82) is 0 Å². The van der Waals surface area contributed by atoms with Crippen LogP contribution in [0.5, 0.6) is 0 Å². The molecule has 0 saturated carbocycles. The lowest BCUT2D eigenvalue weighted by molar-refractivity contribution is 0.282. The summed E-state index contributed by atoms with van der Waals surface area (Å²) in [7, 11) is 0. The van der Waals surface area contributed by atoms with E-state index in [0.29, 0.717) is 5.56 Å². The minimum absolute atomic E-state index is 0.0448. The Bertz CT molecular complexity index is 574. The summed E-state index contributed by atoms with van der Waals surface area (Å²) < 4.78 is 14.6. The molecular formula is C15H15BrFNO. The second-order valence-corrected chi connectivity index (χ2v) is 5.26. The molecule has 19 heavy (non-hydrogen) atoms. The maximum atomic E-state index is 13.8. The van der Waals surface area contributed by atoms with Gasteiger partial charge in [0, 0.05) is 21.3 Å². The third kappa shape index (κ3) is 3.33. The molecule has 2 N–H and O–H groups in total. The van der Waals surface area contributed by atoms with E-state index in [2.05, 4.69) is 21.2 Å². The number of aliphatic hydroxyl groups is 1. The maximum absolute atomic E-state index is 13.8. The quantitative estimate of drug-likeness (QED) is 0.881. The Balaban J connectivity index is 2.25. The van der Waals surface area contributed by atoms with E-state index in [0.717, 1.165) is 15.7 Å². The fourth-order valence-electron chi connectivity index (χ4n) is 1.96. The van der Waals surface area contributed by atoms with Gasteiger partial charge in [0.05, 0.1) is 12.6 Å². The summed E-state index contributed by atoms with van der Waals surface area (Å²) in [6, 6.07) is 12.1. The van der Waals surface area contributed by atoms with Crippen molar-refractivity contribution in [1.82, 2.24) is 0 Å². The number of rotatable bonds is 4. The summed E-state index contributed by atoms with van der Waals surface area (Å²) in [6.07, 6.45) is 0. The highest BCUT2D eigenvalue weighted by Gasteiger charge is 2.12. The standard InChI is InChI=1S/C15H15BrFNO/c1-10(13-8-12(16)6-7-14(13)17)18-15-5-3-2-4-11(15)9-19/h2-8,10,18-19H,9H2,1H3. The van der Waals surface area contributed by atoms with E-state index in [9.17, 15) is 9.50 Å². The Morgan fingerprint density at radius 1 is 1.26 bits per heavy atom. The molecule has 4 heteroatoms. The third-order valence-electron chi connectivity index (χ3n) is 2.98. The average Bonchev–Trinajstić information content (AvgIpc) is 2.42. The summed E-state index contributed by atoms with van der Waals surface area (Å²) in [5, 5.41) is 12.5. The van der Waals surface area contributed by atoms with Gasteiger partial charge in [0.2, 0.25) is 0 Å². The zero-order valence-electron chi connectivity index (χ0n) is 10.5. The van der Waals surface area contributed by atoms with E-state index in [-0.39, 0.29) is 18.5 Å². The number of aliphatic hydroxyl groups excluding tert-OH is 1. The topological polar surface area (TPSA) is 32.3 Å². The normalized spacial score (nSPS) is 12.2. The smallest absolute Gasteiger partial charge is 0.128 e. The van der Waals surface area contributed by atoms with E-state index in [1.165, 1.54) is 6.07 Å². The number of anilines is 1. The first-order valence-electron chi connectivity index (χ1n) is 6.02. The number of nitrogens with one attached hydrogen (secondary N) is 1. The Kier molecular flexibility index (Phi) is 4.56. The molecule has 2 rings (SSSR count). The number of benzene rings is 2. The second kappa shape index (κ2) is 6.17. The van der Waals surface area contributed by atoms with E-state index < -0.39 is 0 Å². The number of hydrogen-bond acceptors (Lipinski definition) is 2. The third-order valence-corrected chi connectivity index (χ3v) is 3.48. The number of para-hydroxylation sites is 1. The minimum atomic E-state index is -0.246. The predicted molar refractivity (Wildman–Crippen MR) is 78.5 cm³/mol. The van der Waals surface area contributed by atoms with Gasteiger partial charge >= 0.3 is 0 Å². The molecule has 2 aromatic carbocycles. The fraction of sp³-hybridized carbons (Fsp3) is 0.200. The van der Waals surface area contributed by atoms with Crippen molar-refractivity contribution in [3.8, 4) is 0 Å². The van der Waals surface area contributed by atoms with Gasteiger partial charge in [-0.05, 0) is 31.2 Å². The lowest BCUT2D eigenvalue weighted by Crippen LogP contribution is -2.10. The Morgan fingerprint density at radius 3 is 2.74 bits per heavy atom. The first-order valence-corrected chi connectivity index (χ1v) is 6.81. The van der Waals surface area contributed by atoms with Gasteiger partial charge < -0.3 is 10.4 Å². The molecular weight excluding hydrogens is 309 g/mol. The molecule has 0 spiro atoms. The Hall–Kier alpha value is -1.39. The van der Waals surface area contributed by atoms with E-state index in [4.69, 9.17) is 0 Å². The Morgan fingerprint density at radius 2 is 2.00 bits per heavy atom. The lowest BCUT2D eigenvalue weighted by atomic mass is 10.1. The summed E-state index contributed by atoms with van der Waals surface area (Å²) in [4.78, 5) is 0. The van der Waals surface area contributed by atoms with Crippen LogP contribution >= 0.6 is 15.9 Å². The van der Waals surface area contributed by atoms with Crippen LogP contribution in [0.4, 0.5) is 10.1 Å². The highest BCUT2D eigenvalue weighted by molar-refractivity contribution is 9.10. The molecule has 0 amide bonds. The average molecular weight is 324 g/mol. The van der Waals surface area contributed by atoms with Crippen LogP contribution in [0.2, 0.25) is 0 Å². The molecule has 0 aromatic heterocycles. The van der Waals surface area contributed by atoms with Gasteiger partial charge in [-0.25, -0.2) is 4.39 Å². The highest BCUT2D eigenvalue weighted by Crippen LogP contribution is 2.26.